The fourth-order valence-corrected chi connectivity index (χ4v) is 1.12. The molecule has 0 bridgehead atoms. The lowest BCUT2D eigenvalue weighted by Gasteiger charge is -2.13. The fourth-order valence-electron chi connectivity index (χ4n) is 0.959. The van der Waals surface area contributed by atoms with E-state index in [0.717, 1.165) is 0 Å². The van der Waals surface area contributed by atoms with Crippen LogP contribution in [-0.4, -0.2) is 24.8 Å². The average Bonchev–Trinajstić information content (AvgIpc) is 2.04. The Hall–Kier alpha value is -0.800. The van der Waals surface area contributed by atoms with Gasteiger partial charge in [-0.1, -0.05) is 11.6 Å². The van der Waals surface area contributed by atoms with Crippen molar-refractivity contribution in [1.29, 1.82) is 0 Å². The third-order valence-corrected chi connectivity index (χ3v) is 1.64. The Morgan fingerprint density at radius 2 is 2.38 bits per heavy atom. The molecule has 1 rings (SSSR count). The number of aromatic nitrogens is 1. The summed E-state index contributed by atoms with van der Waals surface area (Å²) >= 11 is 5.68. The highest BCUT2D eigenvalue weighted by Crippen LogP contribution is 2.15. The van der Waals surface area contributed by atoms with Gasteiger partial charge in [-0.15, -0.1) is 0 Å². The molecule has 1 aromatic heterocycles. The Balaban J connectivity index is 2.53. The second kappa shape index (κ2) is 5.04. The van der Waals surface area contributed by atoms with Gasteiger partial charge in [0.15, 0.2) is 0 Å². The summed E-state index contributed by atoms with van der Waals surface area (Å²) in [5.74, 6) is 0.713. The minimum atomic E-state index is 0.0171. The maximum absolute atomic E-state index is 5.68. The summed E-state index contributed by atoms with van der Waals surface area (Å²) < 4.78 is 10.4. The van der Waals surface area contributed by atoms with E-state index in [-0.39, 0.29) is 6.10 Å². The molecule has 3 nitrogen and oxygen atoms in total. The molecule has 0 aliphatic carbocycles. The van der Waals surface area contributed by atoms with Crippen molar-refractivity contribution in [2.45, 2.75) is 13.0 Å². The summed E-state index contributed by atoms with van der Waals surface area (Å²) in [6.45, 7) is 2.48. The maximum atomic E-state index is 5.68. The van der Waals surface area contributed by atoms with Crippen LogP contribution in [0.25, 0.3) is 0 Å². The van der Waals surface area contributed by atoms with E-state index in [1.807, 2.05) is 6.92 Å². The molecule has 0 fully saturated rings. The van der Waals surface area contributed by atoms with Gasteiger partial charge in [-0.2, -0.15) is 0 Å². The molecule has 0 N–H and O–H groups in total. The fraction of sp³-hybridized carbons (Fsp3) is 0.444. The number of ether oxygens (including phenoxy) is 2. The van der Waals surface area contributed by atoms with Crippen LogP contribution < -0.4 is 4.74 Å². The van der Waals surface area contributed by atoms with Gasteiger partial charge in [-0.3, -0.25) is 0 Å². The highest BCUT2D eigenvalue weighted by molar-refractivity contribution is 6.29. The lowest BCUT2D eigenvalue weighted by Crippen LogP contribution is -2.17. The number of methoxy groups -OCH3 is 1. The molecule has 0 amide bonds. The van der Waals surface area contributed by atoms with E-state index in [9.17, 15) is 0 Å². The molecule has 0 saturated heterocycles. The SMILES string of the molecule is COCC(C)Oc1ccnc(Cl)c1. The maximum Gasteiger partial charge on any atom is 0.132 e. The molecule has 4 heteroatoms. The van der Waals surface area contributed by atoms with E-state index < -0.39 is 0 Å². The molecule has 0 spiro atoms. The normalized spacial score (nSPS) is 12.5. The molecule has 0 aliphatic heterocycles. The first-order valence-corrected chi connectivity index (χ1v) is 4.37. The number of halogens is 1. The number of rotatable bonds is 4. The monoisotopic (exact) mass is 201 g/mol. The Kier molecular flexibility index (Phi) is 3.99. The van der Waals surface area contributed by atoms with E-state index >= 15 is 0 Å². The second-order valence-corrected chi connectivity index (χ2v) is 3.09. The average molecular weight is 202 g/mol. The molecule has 0 radical (unpaired) electrons. The second-order valence-electron chi connectivity index (χ2n) is 2.70. The lowest BCUT2D eigenvalue weighted by atomic mass is 10.4. The number of hydrogen-bond acceptors (Lipinski definition) is 3. The molecular weight excluding hydrogens is 190 g/mol. The third-order valence-electron chi connectivity index (χ3n) is 1.44. The van der Waals surface area contributed by atoms with E-state index in [4.69, 9.17) is 21.1 Å². The Morgan fingerprint density at radius 3 is 3.00 bits per heavy atom. The Bertz CT molecular complexity index is 268. The first-order valence-electron chi connectivity index (χ1n) is 3.99. The molecule has 0 aliphatic rings. The first-order chi connectivity index (χ1) is 6.22. The minimum Gasteiger partial charge on any atom is -0.488 e. The predicted octanol–water partition coefficient (Wildman–Crippen LogP) is 2.15. The zero-order valence-corrected chi connectivity index (χ0v) is 8.41. The quantitative estimate of drug-likeness (QED) is 0.700. The van der Waals surface area contributed by atoms with E-state index in [1.165, 1.54) is 0 Å². The molecule has 0 aromatic carbocycles. The number of hydrogen-bond donors (Lipinski definition) is 0. The summed E-state index contributed by atoms with van der Waals surface area (Å²) in [5, 5.41) is 0.433. The first kappa shape index (κ1) is 10.3. The van der Waals surface area contributed by atoms with Crippen molar-refractivity contribution in [3.63, 3.8) is 0 Å². The van der Waals surface area contributed by atoms with Crippen molar-refractivity contribution in [2.24, 2.45) is 0 Å². The summed E-state index contributed by atoms with van der Waals surface area (Å²) in [6, 6.07) is 3.44. The van der Waals surface area contributed by atoms with Crippen LogP contribution >= 0.6 is 11.6 Å². The molecular formula is C9H12ClNO2. The van der Waals surface area contributed by atoms with E-state index in [1.54, 1.807) is 25.4 Å². The Morgan fingerprint density at radius 1 is 1.62 bits per heavy atom. The van der Waals surface area contributed by atoms with Gasteiger partial charge in [0.1, 0.15) is 17.0 Å². The van der Waals surface area contributed by atoms with Crippen LogP contribution in [0.3, 0.4) is 0 Å². The molecule has 1 aromatic rings. The van der Waals surface area contributed by atoms with Crippen LogP contribution in [0.5, 0.6) is 5.75 Å². The molecule has 1 atom stereocenters. The van der Waals surface area contributed by atoms with Gasteiger partial charge < -0.3 is 9.47 Å². The summed E-state index contributed by atoms with van der Waals surface area (Å²) in [5.41, 5.74) is 0. The van der Waals surface area contributed by atoms with Crippen molar-refractivity contribution >= 4 is 11.6 Å². The van der Waals surface area contributed by atoms with Gasteiger partial charge >= 0.3 is 0 Å². The van der Waals surface area contributed by atoms with Crippen molar-refractivity contribution < 1.29 is 9.47 Å². The topological polar surface area (TPSA) is 31.4 Å². The molecule has 1 heterocycles. The number of pyridine rings is 1. The molecule has 1 unspecified atom stereocenters. The lowest BCUT2D eigenvalue weighted by molar-refractivity contribution is 0.0920. The van der Waals surface area contributed by atoms with Gasteiger partial charge in [0.2, 0.25) is 0 Å². The highest BCUT2D eigenvalue weighted by atomic mass is 35.5. The van der Waals surface area contributed by atoms with Crippen molar-refractivity contribution in [3.05, 3.63) is 23.5 Å². The van der Waals surface area contributed by atoms with Crippen LogP contribution in [-0.2, 0) is 4.74 Å². The van der Waals surface area contributed by atoms with Crippen molar-refractivity contribution in [3.8, 4) is 5.75 Å². The van der Waals surface area contributed by atoms with Crippen LogP contribution in [0.1, 0.15) is 6.92 Å². The van der Waals surface area contributed by atoms with Crippen LogP contribution in [0.15, 0.2) is 18.3 Å². The van der Waals surface area contributed by atoms with Crippen molar-refractivity contribution in [1.82, 2.24) is 4.98 Å². The van der Waals surface area contributed by atoms with Crippen LogP contribution in [0.4, 0.5) is 0 Å². The minimum absolute atomic E-state index is 0.0171. The summed E-state index contributed by atoms with van der Waals surface area (Å²) in [7, 11) is 1.64. The molecule has 0 saturated carbocycles. The molecule has 72 valence electrons. The van der Waals surface area contributed by atoms with E-state index in [2.05, 4.69) is 4.98 Å². The standard InChI is InChI=1S/C9H12ClNO2/c1-7(6-12-2)13-8-3-4-11-9(10)5-8/h3-5,7H,6H2,1-2H3. The van der Waals surface area contributed by atoms with Gasteiger partial charge in [0.05, 0.1) is 6.61 Å². The summed E-state index contributed by atoms with van der Waals surface area (Å²) in [6.07, 6.45) is 1.63. The van der Waals surface area contributed by atoms with E-state index in [0.29, 0.717) is 17.5 Å². The zero-order valence-electron chi connectivity index (χ0n) is 7.66. The largest absolute Gasteiger partial charge is 0.488 e. The van der Waals surface area contributed by atoms with Crippen LogP contribution in [0.2, 0.25) is 5.15 Å². The smallest absolute Gasteiger partial charge is 0.132 e. The van der Waals surface area contributed by atoms with Crippen molar-refractivity contribution in [2.75, 3.05) is 13.7 Å². The summed E-state index contributed by atoms with van der Waals surface area (Å²) in [4.78, 5) is 3.85. The zero-order chi connectivity index (χ0) is 9.68. The van der Waals surface area contributed by atoms with Crippen LogP contribution in [0, 0.1) is 0 Å². The van der Waals surface area contributed by atoms with Gasteiger partial charge in [-0.05, 0) is 13.0 Å². The Labute approximate surface area is 82.6 Å². The molecule has 13 heavy (non-hydrogen) atoms. The number of nitrogens with zero attached hydrogens (tertiary/aromatic N) is 1. The van der Waals surface area contributed by atoms with Gasteiger partial charge in [0.25, 0.3) is 0 Å². The van der Waals surface area contributed by atoms with Gasteiger partial charge in [-0.25, -0.2) is 4.98 Å². The van der Waals surface area contributed by atoms with Gasteiger partial charge in [0, 0.05) is 19.4 Å². The third kappa shape index (κ3) is 3.61. The highest BCUT2D eigenvalue weighted by Gasteiger charge is 2.03. The predicted molar refractivity (Wildman–Crippen MR) is 51.2 cm³/mol.